The lowest BCUT2D eigenvalue weighted by atomic mass is 9.89. The van der Waals surface area contributed by atoms with Gasteiger partial charge < -0.3 is 19.7 Å². The van der Waals surface area contributed by atoms with E-state index in [9.17, 15) is 10.1 Å². The molecule has 0 bridgehead atoms. The molecule has 1 heterocycles. The molecule has 0 saturated heterocycles. The van der Waals surface area contributed by atoms with Gasteiger partial charge in [-0.05, 0) is 55.4 Å². The molecule has 0 fully saturated rings. The third-order valence-corrected chi connectivity index (χ3v) is 6.84. The summed E-state index contributed by atoms with van der Waals surface area (Å²) in [7, 11) is 5.23. The smallest absolute Gasteiger partial charge is 0.280 e. The molecule has 2 N–H and O–H groups in total. The van der Waals surface area contributed by atoms with E-state index < -0.39 is 0 Å². The van der Waals surface area contributed by atoms with E-state index in [2.05, 4.69) is 18.3 Å². The second-order valence-electron chi connectivity index (χ2n) is 8.16. The molecule has 0 aliphatic heterocycles. The van der Waals surface area contributed by atoms with E-state index >= 15 is 0 Å². The van der Waals surface area contributed by atoms with Crippen molar-refractivity contribution in [3.05, 3.63) is 39.3 Å². The number of likely N-dealkylation sites (N-methyl/N-ethyl adjacent to an activating group) is 1. The molecule has 2 atom stereocenters. The van der Waals surface area contributed by atoms with Crippen LogP contribution in [0.15, 0.2) is 12.1 Å². The highest BCUT2D eigenvalue weighted by Crippen LogP contribution is 2.39. The van der Waals surface area contributed by atoms with E-state index in [0.717, 1.165) is 40.9 Å². The number of amides is 1. The lowest BCUT2D eigenvalue weighted by Gasteiger charge is -2.17. The largest absolute Gasteiger partial charge is 0.493 e. The van der Waals surface area contributed by atoms with Crippen molar-refractivity contribution in [2.75, 3.05) is 33.1 Å². The van der Waals surface area contributed by atoms with Crippen LogP contribution < -0.4 is 19.7 Å². The number of ether oxygens (including phenoxy) is 2. The van der Waals surface area contributed by atoms with Crippen LogP contribution in [0.25, 0.3) is 0 Å². The number of benzene rings is 1. The molecule has 1 aliphatic carbocycles. The maximum Gasteiger partial charge on any atom is 0.280 e. The Kier molecular flexibility index (Phi) is 7.01. The number of nitrogens with one attached hydrogen (secondary N) is 2. The fourth-order valence-electron chi connectivity index (χ4n) is 4.00. The lowest BCUT2D eigenvalue weighted by Crippen LogP contribution is -3.08. The second kappa shape index (κ2) is 9.50. The Morgan fingerprint density at radius 2 is 2.03 bits per heavy atom. The van der Waals surface area contributed by atoms with Gasteiger partial charge in [0.05, 0.1) is 26.8 Å². The first-order valence-corrected chi connectivity index (χ1v) is 11.0. The Hall–Kier alpha value is -2.56. The predicted octanol–water partition coefficient (Wildman–Crippen LogP) is 2.72. The normalized spacial score (nSPS) is 16.3. The number of quaternary nitrogens is 1. The van der Waals surface area contributed by atoms with Crippen LogP contribution in [0.3, 0.4) is 0 Å². The molecule has 1 aliphatic rings. The molecule has 1 aromatic carbocycles. The first-order valence-electron chi connectivity index (χ1n) is 10.2. The van der Waals surface area contributed by atoms with Gasteiger partial charge in [0.2, 0.25) is 0 Å². The average Bonchev–Trinajstić information content (AvgIpc) is 3.04. The topological polar surface area (TPSA) is 75.8 Å². The van der Waals surface area contributed by atoms with Gasteiger partial charge in [-0.15, -0.1) is 11.3 Å². The van der Waals surface area contributed by atoms with Crippen LogP contribution in [0, 0.1) is 24.2 Å². The highest BCUT2D eigenvalue weighted by molar-refractivity contribution is 7.16. The molecule has 1 aromatic heterocycles. The Balaban J connectivity index is 1.67. The Morgan fingerprint density at radius 1 is 1.33 bits per heavy atom. The minimum Gasteiger partial charge on any atom is -0.493 e. The number of hydrogen-bond donors (Lipinski definition) is 2. The summed E-state index contributed by atoms with van der Waals surface area (Å²) in [6.45, 7) is 5.27. The van der Waals surface area contributed by atoms with Gasteiger partial charge in [0.1, 0.15) is 17.6 Å². The number of nitriles is 1. The zero-order valence-corrected chi connectivity index (χ0v) is 19.2. The minimum absolute atomic E-state index is 0.0752. The standard InChI is InChI=1S/C23H29N3O3S/c1-14-6-7-17-18(11-24)23(30-21(17)8-14)25-22(27)13-26(3)12-16-10-20(29-5)19(28-4)9-15(16)2/h9-10,14H,6-8,12-13H2,1-5H3,(H,25,27)/p+1/t14-/m1/s1. The zero-order valence-electron chi connectivity index (χ0n) is 18.3. The van der Waals surface area contributed by atoms with Crippen LogP contribution in [0.5, 0.6) is 11.5 Å². The van der Waals surface area contributed by atoms with E-state index in [1.807, 2.05) is 26.1 Å². The van der Waals surface area contributed by atoms with Crippen molar-refractivity contribution in [2.45, 2.75) is 39.7 Å². The van der Waals surface area contributed by atoms with Crippen LogP contribution in [0.1, 0.15) is 40.5 Å². The molecule has 7 heteroatoms. The summed E-state index contributed by atoms with van der Waals surface area (Å²) in [6, 6.07) is 6.24. The summed E-state index contributed by atoms with van der Waals surface area (Å²) < 4.78 is 10.8. The summed E-state index contributed by atoms with van der Waals surface area (Å²) in [6.07, 6.45) is 3.02. The number of nitrogens with zero attached hydrogens (tertiary/aromatic N) is 1. The highest BCUT2D eigenvalue weighted by Gasteiger charge is 2.25. The summed E-state index contributed by atoms with van der Waals surface area (Å²) >= 11 is 1.57. The van der Waals surface area contributed by atoms with Crippen LogP contribution in [0.4, 0.5) is 5.00 Å². The first-order chi connectivity index (χ1) is 14.4. The molecule has 160 valence electrons. The molecule has 2 aromatic rings. The Labute approximate surface area is 182 Å². The van der Waals surface area contributed by atoms with Gasteiger partial charge in [0.25, 0.3) is 5.91 Å². The van der Waals surface area contributed by atoms with Crippen molar-refractivity contribution < 1.29 is 19.2 Å². The van der Waals surface area contributed by atoms with Crippen molar-refractivity contribution in [3.8, 4) is 17.6 Å². The molecule has 3 rings (SSSR count). The van der Waals surface area contributed by atoms with Crippen molar-refractivity contribution >= 4 is 22.2 Å². The van der Waals surface area contributed by atoms with Crippen molar-refractivity contribution in [1.29, 1.82) is 5.26 Å². The Morgan fingerprint density at radius 3 is 2.70 bits per heavy atom. The van der Waals surface area contributed by atoms with Crippen molar-refractivity contribution in [2.24, 2.45) is 5.92 Å². The number of fused-ring (bicyclic) bond motifs is 1. The van der Waals surface area contributed by atoms with Gasteiger partial charge in [-0.3, -0.25) is 4.79 Å². The van der Waals surface area contributed by atoms with Gasteiger partial charge in [-0.25, -0.2) is 0 Å². The molecule has 1 unspecified atom stereocenters. The summed E-state index contributed by atoms with van der Waals surface area (Å²) in [4.78, 5) is 15.0. The quantitative estimate of drug-likeness (QED) is 0.711. The van der Waals surface area contributed by atoms with E-state index in [-0.39, 0.29) is 5.91 Å². The molecule has 0 saturated carbocycles. The molecule has 0 radical (unpaired) electrons. The first kappa shape index (κ1) is 22.1. The van der Waals surface area contributed by atoms with Crippen LogP contribution in [-0.2, 0) is 24.2 Å². The second-order valence-corrected chi connectivity index (χ2v) is 9.27. The van der Waals surface area contributed by atoms with Crippen LogP contribution >= 0.6 is 11.3 Å². The molecule has 1 amide bonds. The SMILES string of the molecule is COc1cc(C)c(C[NH+](C)CC(=O)Nc2sc3c(c2C#N)CC[C@@H](C)C3)cc1OC. The maximum atomic E-state index is 12.7. The van der Waals surface area contributed by atoms with E-state index in [0.29, 0.717) is 41.1 Å². The van der Waals surface area contributed by atoms with Gasteiger partial charge >= 0.3 is 0 Å². The van der Waals surface area contributed by atoms with Gasteiger partial charge in [0.15, 0.2) is 18.0 Å². The van der Waals surface area contributed by atoms with E-state index in [1.165, 1.54) is 4.88 Å². The number of hydrogen-bond acceptors (Lipinski definition) is 5. The summed E-state index contributed by atoms with van der Waals surface area (Å²) in [5.74, 6) is 1.95. The summed E-state index contributed by atoms with van der Waals surface area (Å²) in [5.41, 5.74) is 4.00. The van der Waals surface area contributed by atoms with Crippen molar-refractivity contribution in [1.82, 2.24) is 0 Å². The van der Waals surface area contributed by atoms with Gasteiger partial charge in [0, 0.05) is 10.4 Å². The Bertz CT molecular complexity index is 977. The van der Waals surface area contributed by atoms with Crippen LogP contribution in [0.2, 0.25) is 0 Å². The fraction of sp³-hybridized carbons (Fsp3) is 0.478. The third kappa shape index (κ3) is 4.77. The number of carbonyl (C=O) groups excluding carboxylic acids is 1. The fourth-order valence-corrected chi connectivity index (χ4v) is 5.38. The number of methoxy groups -OCH3 is 2. The van der Waals surface area contributed by atoms with E-state index in [1.54, 1.807) is 25.6 Å². The number of rotatable bonds is 7. The predicted molar refractivity (Wildman–Crippen MR) is 119 cm³/mol. The number of thiophene rings is 1. The zero-order chi connectivity index (χ0) is 21.8. The molecule has 6 nitrogen and oxygen atoms in total. The average molecular weight is 429 g/mol. The van der Waals surface area contributed by atoms with Crippen LogP contribution in [-0.4, -0.2) is 33.7 Å². The molecular formula is C23H30N3O3S+. The van der Waals surface area contributed by atoms with E-state index in [4.69, 9.17) is 9.47 Å². The maximum absolute atomic E-state index is 12.7. The molecule has 0 spiro atoms. The number of anilines is 1. The lowest BCUT2D eigenvalue weighted by molar-refractivity contribution is -0.885. The number of aryl methyl sites for hydroxylation is 1. The molecule has 30 heavy (non-hydrogen) atoms. The minimum atomic E-state index is -0.0752. The summed E-state index contributed by atoms with van der Waals surface area (Å²) in [5, 5.41) is 13.3. The van der Waals surface area contributed by atoms with Gasteiger partial charge in [-0.1, -0.05) is 6.92 Å². The van der Waals surface area contributed by atoms with Gasteiger partial charge in [-0.2, -0.15) is 5.26 Å². The highest BCUT2D eigenvalue weighted by atomic mass is 32.1. The van der Waals surface area contributed by atoms with Crippen molar-refractivity contribution in [3.63, 3.8) is 0 Å². The number of carbonyl (C=O) groups is 1. The monoisotopic (exact) mass is 428 g/mol. The third-order valence-electron chi connectivity index (χ3n) is 5.67. The molecular weight excluding hydrogens is 398 g/mol.